The lowest BCUT2D eigenvalue weighted by Gasteiger charge is -1.98. The van der Waals surface area contributed by atoms with Crippen LogP contribution in [-0.4, -0.2) is 15.2 Å². The Labute approximate surface area is 76.5 Å². The van der Waals surface area contributed by atoms with Crippen molar-refractivity contribution in [2.45, 2.75) is 6.92 Å². The molecule has 0 bridgehead atoms. The maximum Gasteiger partial charge on any atom is 0.111 e. The Bertz CT molecular complexity index is 398. The van der Waals surface area contributed by atoms with Crippen LogP contribution in [0.3, 0.4) is 0 Å². The largest absolute Gasteiger partial charge is 0.251 e. The number of hydrogen-bond donors (Lipinski definition) is 0. The predicted molar refractivity (Wildman–Crippen MR) is 50.0 cm³/mol. The van der Waals surface area contributed by atoms with E-state index in [0.717, 1.165) is 17.1 Å². The van der Waals surface area contributed by atoms with Crippen molar-refractivity contribution >= 4 is 0 Å². The molecule has 0 aliphatic rings. The number of rotatable bonds is 1. The van der Waals surface area contributed by atoms with Crippen molar-refractivity contribution < 1.29 is 0 Å². The molecule has 0 spiro atoms. The first kappa shape index (κ1) is 7.86. The molecule has 0 aromatic carbocycles. The summed E-state index contributed by atoms with van der Waals surface area (Å²) >= 11 is 0. The Hall–Kier alpha value is -1.77. The first-order valence-electron chi connectivity index (χ1n) is 4.08. The summed E-state index contributed by atoms with van der Waals surface area (Å²) in [6.45, 7) is 1.96. The van der Waals surface area contributed by atoms with Gasteiger partial charge in [0, 0.05) is 11.9 Å². The van der Waals surface area contributed by atoms with Crippen molar-refractivity contribution in [3.8, 4) is 11.4 Å². The molecule has 0 aliphatic carbocycles. The van der Waals surface area contributed by atoms with E-state index >= 15 is 0 Å². The van der Waals surface area contributed by atoms with Crippen LogP contribution < -0.4 is 0 Å². The first-order chi connectivity index (χ1) is 6.36. The second kappa shape index (κ2) is 3.31. The Kier molecular flexibility index (Phi) is 2.00. The summed E-state index contributed by atoms with van der Waals surface area (Å²) in [4.78, 5) is 4.34. The highest BCUT2D eigenvalue weighted by Gasteiger charge is 1.98. The molecule has 0 unspecified atom stereocenters. The molecule has 2 aromatic heterocycles. The van der Waals surface area contributed by atoms with Gasteiger partial charge < -0.3 is 0 Å². The van der Waals surface area contributed by atoms with Gasteiger partial charge in [0.1, 0.15) is 5.69 Å². The highest BCUT2D eigenvalue weighted by Crippen LogP contribution is 2.11. The Morgan fingerprint density at radius 2 is 1.85 bits per heavy atom. The fraction of sp³-hybridized carbons (Fsp3) is 0.100. The molecule has 0 saturated heterocycles. The van der Waals surface area contributed by atoms with Gasteiger partial charge in [0.15, 0.2) is 0 Å². The summed E-state index contributed by atoms with van der Waals surface area (Å²) in [6.07, 6.45) is 1.65. The molecule has 2 heterocycles. The zero-order valence-corrected chi connectivity index (χ0v) is 7.31. The molecule has 0 aliphatic heterocycles. The summed E-state index contributed by atoms with van der Waals surface area (Å²) in [7, 11) is 0. The van der Waals surface area contributed by atoms with Crippen LogP contribution in [-0.2, 0) is 0 Å². The van der Waals surface area contributed by atoms with Gasteiger partial charge in [0.2, 0.25) is 0 Å². The van der Waals surface area contributed by atoms with E-state index < -0.39 is 0 Å². The van der Waals surface area contributed by atoms with Crippen molar-refractivity contribution in [3.05, 3.63) is 42.2 Å². The highest BCUT2D eigenvalue weighted by atomic mass is 15.1. The lowest BCUT2D eigenvalue weighted by molar-refractivity contribution is 1.02. The molecule has 3 nitrogen and oxygen atoms in total. The lowest BCUT2D eigenvalue weighted by atomic mass is 10.2. The van der Waals surface area contributed by atoms with E-state index in [1.807, 2.05) is 37.3 Å². The number of hydrogen-bond acceptors (Lipinski definition) is 3. The fourth-order valence-corrected chi connectivity index (χ4v) is 1.12. The SMILES string of the molecule is Cc1cccc(-c2cccnn2)n1. The van der Waals surface area contributed by atoms with Crippen LogP contribution in [0.1, 0.15) is 5.69 Å². The normalized spacial score (nSPS) is 9.92. The average molecular weight is 171 g/mol. The molecule has 13 heavy (non-hydrogen) atoms. The van der Waals surface area contributed by atoms with Gasteiger partial charge in [-0.15, -0.1) is 5.10 Å². The average Bonchev–Trinajstić information content (AvgIpc) is 2.19. The van der Waals surface area contributed by atoms with Crippen molar-refractivity contribution in [1.82, 2.24) is 15.2 Å². The molecule has 64 valence electrons. The second-order valence-electron chi connectivity index (χ2n) is 2.77. The van der Waals surface area contributed by atoms with E-state index in [4.69, 9.17) is 0 Å². The molecule has 0 saturated carbocycles. The Morgan fingerprint density at radius 1 is 1.00 bits per heavy atom. The summed E-state index contributed by atoms with van der Waals surface area (Å²) < 4.78 is 0. The number of nitrogens with zero attached hydrogens (tertiary/aromatic N) is 3. The highest BCUT2D eigenvalue weighted by molar-refractivity contribution is 5.52. The molecule has 0 amide bonds. The van der Waals surface area contributed by atoms with Gasteiger partial charge in [0.05, 0.1) is 5.69 Å². The van der Waals surface area contributed by atoms with Gasteiger partial charge in [-0.2, -0.15) is 5.10 Å². The standard InChI is InChI=1S/C10H9N3/c1-8-4-2-5-9(12-8)10-6-3-7-11-13-10/h2-7H,1H3. The first-order valence-corrected chi connectivity index (χ1v) is 4.08. The molecular weight excluding hydrogens is 162 g/mol. The van der Waals surface area contributed by atoms with E-state index in [2.05, 4.69) is 15.2 Å². The molecule has 2 rings (SSSR count). The van der Waals surface area contributed by atoms with Crippen LogP contribution >= 0.6 is 0 Å². The topological polar surface area (TPSA) is 38.7 Å². The Morgan fingerprint density at radius 3 is 2.54 bits per heavy atom. The molecule has 0 N–H and O–H groups in total. The molecular formula is C10H9N3. The van der Waals surface area contributed by atoms with Crippen LogP contribution in [0.5, 0.6) is 0 Å². The lowest BCUT2D eigenvalue weighted by Crippen LogP contribution is -1.89. The third-order valence-electron chi connectivity index (χ3n) is 1.72. The van der Waals surface area contributed by atoms with Crippen LogP contribution in [0.15, 0.2) is 36.5 Å². The monoisotopic (exact) mass is 171 g/mol. The zero-order valence-electron chi connectivity index (χ0n) is 7.31. The molecule has 0 radical (unpaired) electrons. The molecule has 0 atom stereocenters. The number of aromatic nitrogens is 3. The second-order valence-corrected chi connectivity index (χ2v) is 2.77. The quantitative estimate of drug-likeness (QED) is 0.657. The third kappa shape index (κ3) is 1.69. The van der Waals surface area contributed by atoms with Crippen LogP contribution in [0.2, 0.25) is 0 Å². The van der Waals surface area contributed by atoms with Crippen molar-refractivity contribution in [2.24, 2.45) is 0 Å². The maximum absolute atomic E-state index is 4.34. The van der Waals surface area contributed by atoms with Crippen LogP contribution in [0, 0.1) is 6.92 Å². The summed E-state index contributed by atoms with van der Waals surface area (Å²) in [5.74, 6) is 0. The van der Waals surface area contributed by atoms with Gasteiger partial charge in [-0.05, 0) is 31.2 Å². The van der Waals surface area contributed by atoms with Gasteiger partial charge in [-0.25, -0.2) is 0 Å². The van der Waals surface area contributed by atoms with E-state index in [-0.39, 0.29) is 0 Å². The van der Waals surface area contributed by atoms with E-state index in [0.29, 0.717) is 0 Å². The zero-order chi connectivity index (χ0) is 9.10. The van der Waals surface area contributed by atoms with Crippen LogP contribution in [0.4, 0.5) is 0 Å². The van der Waals surface area contributed by atoms with Gasteiger partial charge in [-0.3, -0.25) is 4.98 Å². The van der Waals surface area contributed by atoms with E-state index in [1.54, 1.807) is 6.20 Å². The smallest absolute Gasteiger partial charge is 0.111 e. The van der Waals surface area contributed by atoms with E-state index in [1.165, 1.54) is 0 Å². The predicted octanol–water partition coefficient (Wildman–Crippen LogP) is 1.85. The maximum atomic E-state index is 4.34. The van der Waals surface area contributed by atoms with Crippen LogP contribution in [0.25, 0.3) is 11.4 Å². The summed E-state index contributed by atoms with van der Waals surface area (Å²) in [5.41, 5.74) is 2.67. The minimum absolute atomic E-state index is 0.811. The van der Waals surface area contributed by atoms with Gasteiger partial charge >= 0.3 is 0 Å². The minimum Gasteiger partial charge on any atom is -0.251 e. The summed E-state index contributed by atoms with van der Waals surface area (Å²) in [6, 6.07) is 9.60. The summed E-state index contributed by atoms with van der Waals surface area (Å²) in [5, 5.41) is 7.78. The number of aryl methyl sites for hydroxylation is 1. The van der Waals surface area contributed by atoms with Crippen molar-refractivity contribution in [1.29, 1.82) is 0 Å². The van der Waals surface area contributed by atoms with Crippen molar-refractivity contribution in [2.75, 3.05) is 0 Å². The molecule has 0 fully saturated rings. The third-order valence-corrected chi connectivity index (χ3v) is 1.72. The van der Waals surface area contributed by atoms with Gasteiger partial charge in [-0.1, -0.05) is 6.07 Å². The molecule has 3 heteroatoms. The molecule has 2 aromatic rings. The number of pyridine rings is 1. The minimum atomic E-state index is 0.811. The van der Waals surface area contributed by atoms with E-state index in [9.17, 15) is 0 Å². The van der Waals surface area contributed by atoms with Crippen molar-refractivity contribution in [3.63, 3.8) is 0 Å². The fourth-order valence-electron chi connectivity index (χ4n) is 1.12. The Balaban J connectivity index is 2.48. The van der Waals surface area contributed by atoms with Gasteiger partial charge in [0.25, 0.3) is 0 Å².